The highest BCUT2D eigenvalue weighted by molar-refractivity contribution is 5.79. The lowest BCUT2D eigenvalue weighted by molar-refractivity contribution is -0.135. The molecule has 0 bridgehead atoms. The average Bonchev–Trinajstić information content (AvgIpc) is 3.77. The zero-order valence-electron chi connectivity index (χ0n) is 24.5. The molecule has 0 aromatic heterocycles. The van der Waals surface area contributed by atoms with Gasteiger partial charge in [0.25, 0.3) is 0 Å². The number of benzene rings is 2. The fourth-order valence-corrected chi connectivity index (χ4v) is 7.42. The molecule has 41 heavy (non-hydrogen) atoms. The summed E-state index contributed by atoms with van der Waals surface area (Å²) in [5.74, 6) is 2.10. The molecule has 2 aliphatic heterocycles. The first kappa shape index (κ1) is 28.3. The standard InChI is InChI=1S/C35H47N3O3/c39-34(30-14-8-3-9-15-30)37-24-31(33(25-37)29-12-6-2-7-13-29)23-36-20-18-32(19-21-36)38(22-27-16-17-27)35(40)41-26-28-10-4-1-5-11-28/h1-2,4-7,10-13,27,30-33H,3,8-9,14-26H2/t31-,33+/m0/s1. The van der Waals surface area contributed by atoms with E-state index in [4.69, 9.17) is 4.74 Å². The van der Waals surface area contributed by atoms with Crippen LogP contribution in [0.1, 0.15) is 74.8 Å². The highest BCUT2D eigenvalue weighted by atomic mass is 16.6. The van der Waals surface area contributed by atoms with Gasteiger partial charge in [-0.15, -0.1) is 0 Å². The van der Waals surface area contributed by atoms with Gasteiger partial charge >= 0.3 is 6.09 Å². The van der Waals surface area contributed by atoms with E-state index in [9.17, 15) is 9.59 Å². The second-order valence-electron chi connectivity index (χ2n) is 13.0. The van der Waals surface area contributed by atoms with Crippen molar-refractivity contribution in [3.05, 3.63) is 71.8 Å². The van der Waals surface area contributed by atoms with E-state index in [1.807, 2.05) is 35.2 Å². The molecular weight excluding hydrogens is 510 g/mol. The van der Waals surface area contributed by atoms with Crippen LogP contribution in [0, 0.1) is 17.8 Å². The van der Waals surface area contributed by atoms with Gasteiger partial charge in [0.1, 0.15) is 6.61 Å². The Morgan fingerprint density at radius 1 is 0.805 bits per heavy atom. The number of ether oxygens (including phenoxy) is 1. The van der Waals surface area contributed by atoms with Crippen LogP contribution in [0.3, 0.4) is 0 Å². The molecular formula is C35H47N3O3. The molecule has 2 atom stereocenters. The third kappa shape index (κ3) is 7.32. The molecule has 2 heterocycles. The summed E-state index contributed by atoms with van der Waals surface area (Å²) in [6, 6.07) is 21.1. The van der Waals surface area contributed by atoms with E-state index in [1.54, 1.807) is 0 Å². The third-order valence-corrected chi connectivity index (χ3v) is 10.0. The molecule has 220 valence electrons. The van der Waals surface area contributed by atoms with E-state index in [0.717, 1.165) is 70.5 Å². The van der Waals surface area contributed by atoms with Gasteiger partial charge in [-0.2, -0.15) is 0 Å². The Bertz CT molecular complexity index is 1120. The van der Waals surface area contributed by atoms with E-state index in [-0.39, 0.29) is 18.1 Å². The van der Waals surface area contributed by atoms with Crippen LogP contribution in [-0.2, 0) is 16.1 Å². The SMILES string of the molecule is O=C(C1CCCCC1)N1C[C@H](CN2CCC(N(CC3CC3)C(=O)OCc3ccccc3)CC2)[C@@H](c2ccccc2)C1. The molecule has 6 rings (SSSR count). The van der Waals surface area contributed by atoms with Crippen molar-refractivity contribution in [1.82, 2.24) is 14.7 Å². The van der Waals surface area contributed by atoms with Crippen molar-refractivity contribution >= 4 is 12.0 Å². The maximum Gasteiger partial charge on any atom is 0.410 e. The van der Waals surface area contributed by atoms with Crippen LogP contribution < -0.4 is 0 Å². The molecule has 4 fully saturated rings. The summed E-state index contributed by atoms with van der Waals surface area (Å²) in [6.45, 7) is 5.88. The molecule has 2 aliphatic carbocycles. The molecule has 0 unspecified atom stereocenters. The van der Waals surface area contributed by atoms with Crippen molar-refractivity contribution in [2.24, 2.45) is 17.8 Å². The number of carbonyl (C=O) groups excluding carboxylic acids is 2. The Morgan fingerprint density at radius 2 is 1.49 bits per heavy atom. The fraction of sp³-hybridized carbons (Fsp3) is 0.600. The second-order valence-corrected chi connectivity index (χ2v) is 13.0. The molecule has 6 nitrogen and oxygen atoms in total. The number of hydrogen-bond acceptors (Lipinski definition) is 4. The smallest absolute Gasteiger partial charge is 0.410 e. The number of rotatable bonds is 9. The Kier molecular flexibility index (Phi) is 9.25. The molecule has 2 aromatic carbocycles. The predicted molar refractivity (Wildman–Crippen MR) is 161 cm³/mol. The Balaban J connectivity index is 1.06. The molecule has 6 heteroatoms. The van der Waals surface area contributed by atoms with Crippen molar-refractivity contribution in [1.29, 1.82) is 0 Å². The van der Waals surface area contributed by atoms with Crippen molar-refractivity contribution in [3.8, 4) is 0 Å². The van der Waals surface area contributed by atoms with Gasteiger partial charge in [0.15, 0.2) is 0 Å². The largest absolute Gasteiger partial charge is 0.445 e. The monoisotopic (exact) mass is 557 g/mol. The topological polar surface area (TPSA) is 53.1 Å². The number of nitrogens with zero attached hydrogens (tertiary/aromatic N) is 3. The normalized spacial score (nSPS) is 24.3. The van der Waals surface area contributed by atoms with Gasteiger partial charge in [0.05, 0.1) is 0 Å². The van der Waals surface area contributed by atoms with Crippen LogP contribution in [0.25, 0.3) is 0 Å². The molecule has 0 radical (unpaired) electrons. The molecule has 4 aliphatic rings. The summed E-state index contributed by atoms with van der Waals surface area (Å²) in [4.78, 5) is 33.6. The summed E-state index contributed by atoms with van der Waals surface area (Å²) in [5, 5.41) is 0. The molecule has 2 saturated carbocycles. The average molecular weight is 558 g/mol. The third-order valence-electron chi connectivity index (χ3n) is 10.0. The Morgan fingerprint density at radius 3 is 2.17 bits per heavy atom. The van der Waals surface area contributed by atoms with Gasteiger partial charge in [-0.3, -0.25) is 4.79 Å². The van der Waals surface area contributed by atoms with Crippen molar-refractivity contribution in [2.45, 2.75) is 76.4 Å². The van der Waals surface area contributed by atoms with Gasteiger partial charge in [-0.1, -0.05) is 79.9 Å². The van der Waals surface area contributed by atoms with Crippen LogP contribution in [0.2, 0.25) is 0 Å². The van der Waals surface area contributed by atoms with Gasteiger partial charge in [0.2, 0.25) is 5.91 Å². The molecule has 2 saturated heterocycles. The van der Waals surface area contributed by atoms with Gasteiger partial charge in [-0.25, -0.2) is 4.79 Å². The van der Waals surface area contributed by atoms with Gasteiger partial charge in [-0.05, 0) is 61.5 Å². The van der Waals surface area contributed by atoms with Crippen LogP contribution in [0.4, 0.5) is 4.79 Å². The highest BCUT2D eigenvalue weighted by Crippen LogP contribution is 2.37. The van der Waals surface area contributed by atoms with Crippen LogP contribution in [0.15, 0.2) is 60.7 Å². The first-order valence-electron chi connectivity index (χ1n) is 16.2. The summed E-state index contributed by atoms with van der Waals surface area (Å²) < 4.78 is 5.79. The number of hydrogen-bond donors (Lipinski definition) is 0. The second kappa shape index (κ2) is 13.4. The summed E-state index contributed by atoms with van der Waals surface area (Å²) >= 11 is 0. The van der Waals surface area contributed by atoms with E-state index in [2.05, 4.69) is 40.1 Å². The van der Waals surface area contributed by atoms with Gasteiger partial charge < -0.3 is 19.4 Å². The Labute approximate surface area is 246 Å². The van der Waals surface area contributed by atoms with Crippen LogP contribution in [0.5, 0.6) is 0 Å². The molecule has 0 N–H and O–H groups in total. The minimum Gasteiger partial charge on any atom is -0.445 e. The summed E-state index contributed by atoms with van der Waals surface area (Å²) in [7, 11) is 0. The number of likely N-dealkylation sites (tertiary alicyclic amines) is 2. The van der Waals surface area contributed by atoms with E-state index in [1.165, 1.54) is 37.7 Å². The maximum atomic E-state index is 13.5. The zero-order chi connectivity index (χ0) is 28.0. The number of amides is 2. The first-order valence-corrected chi connectivity index (χ1v) is 16.2. The number of piperidine rings is 1. The first-order chi connectivity index (χ1) is 20.1. The predicted octanol–water partition coefficient (Wildman–Crippen LogP) is 6.32. The molecule has 0 spiro atoms. The van der Waals surface area contributed by atoms with E-state index in [0.29, 0.717) is 30.3 Å². The van der Waals surface area contributed by atoms with Crippen molar-refractivity contribution < 1.29 is 14.3 Å². The van der Waals surface area contributed by atoms with Gasteiger partial charge in [0, 0.05) is 57.1 Å². The minimum absolute atomic E-state index is 0.156. The quantitative estimate of drug-likeness (QED) is 0.362. The highest BCUT2D eigenvalue weighted by Gasteiger charge is 2.40. The lowest BCUT2D eigenvalue weighted by Gasteiger charge is -2.39. The molecule has 2 aromatic rings. The van der Waals surface area contributed by atoms with Crippen molar-refractivity contribution in [3.63, 3.8) is 0 Å². The minimum atomic E-state index is -0.156. The van der Waals surface area contributed by atoms with E-state index < -0.39 is 0 Å². The lowest BCUT2D eigenvalue weighted by atomic mass is 9.88. The lowest BCUT2D eigenvalue weighted by Crippen LogP contribution is -2.49. The maximum absolute atomic E-state index is 13.5. The fourth-order valence-electron chi connectivity index (χ4n) is 7.42. The Hall–Kier alpha value is -2.86. The number of carbonyl (C=O) groups is 2. The van der Waals surface area contributed by atoms with E-state index >= 15 is 0 Å². The molecule has 2 amide bonds. The van der Waals surface area contributed by atoms with Crippen LogP contribution in [-0.4, -0.2) is 72.0 Å². The summed E-state index contributed by atoms with van der Waals surface area (Å²) in [6.07, 6.45) is 10.1. The summed E-state index contributed by atoms with van der Waals surface area (Å²) in [5.41, 5.74) is 2.39. The van der Waals surface area contributed by atoms with Crippen molar-refractivity contribution in [2.75, 3.05) is 39.3 Å². The zero-order valence-corrected chi connectivity index (χ0v) is 24.5. The van der Waals surface area contributed by atoms with Crippen LogP contribution >= 0.6 is 0 Å².